The van der Waals surface area contributed by atoms with Crippen molar-refractivity contribution in [2.75, 3.05) is 0 Å². The van der Waals surface area contributed by atoms with Gasteiger partial charge in [0.1, 0.15) is 0 Å². The van der Waals surface area contributed by atoms with E-state index in [2.05, 4.69) is 123 Å². The van der Waals surface area contributed by atoms with Crippen molar-refractivity contribution >= 4 is 97.0 Å². The van der Waals surface area contributed by atoms with Crippen molar-refractivity contribution in [2.24, 2.45) is 0 Å². The highest BCUT2D eigenvalue weighted by atomic mass is 79.9. The van der Waals surface area contributed by atoms with E-state index in [1.54, 1.807) is 0 Å². The van der Waals surface area contributed by atoms with Crippen molar-refractivity contribution in [3.63, 3.8) is 0 Å². The largest absolute Gasteiger partial charge is 0.252 e. The second kappa shape index (κ2) is 11.5. The maximum absolute atomic E-state index is 4.82. The number of hydrogen-bond acceptors (Lipinski definition) is 4. The third-order valence-corrected chi connectivity index (χ3v) is 9.32. The monoisotopic (exact) mass is 700 g/mol. The molecule has 0 aliphatic heterocycles. The summed E-state index contributed by atoms with van der Waals surface area (Å²) in [6.45, 7) is 8.36. The van der Waals surface area contributed by atoms with Gasteiger partial charge in [-0.2, -0.15) is 0 Å². The first-order valence-electron chi connectivity index (χ1n) is 14.9. The molecule has 216 valence electrons. The molecule has 0 saturated carbocycles. The van der Waals surface area contributed by atoms with Crippen molar-refractivity contribution in [3.8, 4) is 0 Å². The highest BCUT2D eigenvalue weighted by Gasteiger charge is 2.13. The Balaban J connectivity index is 0.000000143. The first kappa shape index (κ1) is 28.8. The standard InChI is InChI=1S/C21H20N2.C17H10Br2N2/c1-4-14-6-8-16-17-9-7-15(5-2)11-19(17)21-20(18(16)10-14)22-12-13(3)23-21;1-9-8-20-16-14-6-10(18)2-4-12(14)13-5-3-11(19)7-15(13)17(16)21-9/h6-12H,4-5H2,1-3H3;2-8H,1H3. The van der Waals surface area contributed by atoms with Crippen molar-refractivity contribution in [3.05, 3.63) is 117 Å². The molecule has 0 spiro atoms. The minimum absolute atomic E-state index is 0.929. The Morgan fingerprint density at radius 1 is 0.455 bits per heavy atom. The molecule has 8 aromatic rings. The third-order valence-electron chi connectivity index (χ3n) is 8.33. The van der Waals surface area contributed by atoms with Gasteiger partial charge in [-0.15, -0.1) is 0 Å². The summed E-state index contributed by atoms with van der Waals surface area (Å²) >= 11 is 7.11. The summed E-state index contributed by atoms with van der Waals surface area (Å²) in [7, 11) is 0. The van der Waals surface area contributed by atoms with Crippen LogP contribution in [0, 0.1) is 13.8 Å². The average Bonchev–Trinajstić information content (AvgIpc) is 3.04. The highest BCUT2D eigenvalue weighted by Crippen LogP contribution is 2.36. The molecule has 0 atom stereocenters. The summed E-state index contributed by atoms with van der Waals surface area (Å²) in [5.41, 5.74) is 8.51. The molecule has 4 nitrogen and oxygen atoms in total. The Labute approximate surface area is 272 Å². The average molecular weight is 702 g/mol. The zero-order valence-corrected chi connectivity index (χ0v) is 28.2. The van der Waals surface area contributed by atoms with Crippen LogP contribution in [0.5, 0.6) is 0 Å². The first-order chi connectivity index (χ1) is 21.3. The number of hydrogen-bond donors (Lipinski definition) is 0. The fourth-order valence-corrected chi connectivity index (χ4v) is 6.83. The summed E-state index contributed by atoms with van der Waals surface area (Å²) in [5, 5.41) is 9.63. The van der Waals surface area contributed by atoms with Gasteiger partial charge < -0.3 is 0 Å². The van der Waals surface area contributed by atoms with Crippen LogP contribution in [0.2, 0.25) is 0 Å². The maximum Gasteiger partial charge on any atom is 0.0975 e. The number of fused-ring (bicyclic) bond motifs is 12. The molecule has 0 bridgehead atoms. The van der Waals surface area contributed by atoms with E-state index in [4.69, 9.17) is 15.0 Å². The van der Waals surface area contributed by atoms with E-state index in [1.165, 1.54) is 43.4 Å². The molecule has 0 saturated heterocycles. The van der Waals surface area contributed by atoms with Crippen molar-refractivity contribution < 1.29 is 0 Å². The molecule has 0 fully saturated rings. The topological polar surface area (TPSA) is 51.6 Å². The Bertz CT molecular complexity index is 2420. The van der Waals surface area contributed by atoms with Crippen LogP contribution in [0.1, 0.15) is 36.4 Å². The fraction of sp³-hybridized carbons (Fsp3) is 0.158. The molecule has 0 unspecified atom stereocenters. The lowest BCUT2D eigenvalue weighted by molar-refractivity contribution is 1.14. The van der Waals surface area contributed by atoms with Gasteiger partial charge in [0.2, 0.25) is 0 Å². The predicted molar refractivity (Wildman–Crippen MR) is 193 cm³/mol. The van der Waals surface area contributed by atoms with Crippen LogP contribution in [0.4, 0.5) is 0 Å². The van der Waals surface area contributed by atoms with Crippen LogP contribution in [-0.4, -0.2) is 19.9 Å². The van der Waals surface area contributed by atoms with Gasteiger partial charge >= 0.3 is 0 Å². The second-order valence-electron chi connectivity index (χ2n) is 11.3. The number of benzene rings is 6. The quantitative estimate of drug-likeness (QED) is 0.168. The van der Waals surface area contributed by atoms with Crippen LogP contribution in [0.15, 0.2) is 94.1 Å². The normalized spacial score (nSPS) is 11.6. The Morgan fingerprint density at radius 3 is 1.25 bits per heavy atom. The van der Waals surface area contributed by atoms with Crippen molar-refractivity contribution in [1.82, 2.24) is 19.9 Å². The summed E-state index contributed by atoms with van der Waals surface area (Å²) in [6.07, 6.45) is 5.76. The first-order valence-corrected chi connectivity index (χ1v) is 16.5. The molecule has 0 aliphatic rings. The predicted octanol–water partition coefficient (Wildman–Crippen LogP) is 11.1. The van der Waals surface area contributed by atoms with E-state index in [1.807, 2.05) is 26.2 Å². The summed E-state index contributed by atoms with van der Waals surface area (Å²) < 4.78 is 2.10. The molecule has 0 aliphatic carbocycles. The molecule has 0 radical (unpaired) electrons. The molecule has 6 aromatic carbocycles. The molecule has 8 rings (SSSR count). The number of halogens is 2. The Morgan fingerprint density at radius 2 is 0.818 bits per heavy atom. The highest BCUT2D eigenvalue weighted by molar-refractivity contribution is 9.10. The fourth-order valence-electron chi connectivity index (χ4n) is 6.10. The van der Waals surface area contributed by atoms with Gasteiger partial charge in [0, 0.05) is 42.9 Å². The Kier molecular flexibility index (Phi) is 7.51. The van der Waals surface area contributed by atoms with E-state index in [0.717, 1.165) is 66.0 Å². The van der Waals surface area contributed by atoms with E-state index < -0.39 is 0 Å². The van der Waals surface area contributed by atoms with Crippen LogP contribution in [0.25, 0.3) is 65.2 Å². The molecule has 2 aromatic heterocycles. The van der Waals surface area contributed by atoms with Crippen LogP contribution in [0.3, 0.4) is 0 Å². The number of nitrogens with zero attached hydrogens (tertiary/aromatic N) is 4. The summed E-state index contributed by atoms with van der Waals surface area (Å²) in [4.78, 5) is 18.9. The zero-order valence-electron chi connectivity index (χ0n) is 25.0. The lowest BCUT2D eigenvalue weighted by atomic mass is 9.95. The minimum atomic E-state index is 0.929. The lowest BCUT2D eigenvalue weighted by Crippen LogP contribution is -1.93. The van der Waals surface area contributed by atoms with Gasteiger partial charge in [0.15, 0.2) is 0 Å². The lowest BCUT2D eigenvalue weighted by Gasteiger charge is -2.11. The summed E-state index contributed by atoms with van der Waals surface area (Å²) in [5.74, 6) is 0. The Hall–Kier alpha value is -4.00. The van der Waals surface area contributed by atoms with Crippen LogP contribution in [-0.2, 0) is 12.8 Å². The second-order valence-corrected chi connectivity index (χ2v) is 13.1. The molecule has 2 heterocycles. The number of aromatic nitrogens is 4. The molecule has 0 amide bonds. The van der Waals surface area contributed by atoms with E-state index in [-0.39, 0.29) is 0 Å². The minimum Gasteiger partial charge on any atom is -0.252 e. The molecule has 6 heteroatoms. The molecule has 0 N–H and O–H groups in total. The molecule has 44 heavy (non-hydrogen) atoms. The van der Waals surface area contributed by atoms with Gasteiger partial charge in [-0.25, -0.2) is 9.97 Å². The number of aryl methyl sites for hydroxylation is 4. The number of rotatable bonds is 2. The van der Waals surface area contributed by atoms with Gasteiger partial charge in [-0.1, -0.05) is 82.1 Å². The van der Waals surface area contributed by atoms with Crippen LogP contribution >= 0.6 is 31.9 Å². The summed E-state index contributed by atoms with van der Waals surface area (Å²) in [6, 6.07) is 26.1. The van der Waals surface area contributed by atoms with E-state index in [0.29, 0.717) is 0 Å². The maximum atomic E-state index is 4.82. The SMILES string of the molecule is CCc1ccc2c3ccc(CC)cc3c3nc(C)cnc3c2c1.Cc1cnc2c3cc(Br)ccc3c3ccc(Br)cc3c2n1. The smallest absolute Gasteiger partial charge is 0.0975 e. The van der Waals surface area contributed by atoms with Crippen molar-refractivity contribution in [1.29, 1.82) is 0 Å². The van der Waals surface area contributed by atoms with Gasteiger partial charge in [0.05, 0.1) is 33.5 Å². The molecular formula is C38H30Br2N4. The van der Waals surface area contributed by atoms with E-state index in [9.17, 15) is 0 Å². The van der Waals surface area contributed by atoms with Crippen molar-refractivity contribution in [2.45, 2.75) is 40.5 Å². The van der Waals surface area contributed by atoms with Gasteiger partial charge in [0.25, 0.3) is 0 Å². The molecular weight excluding hydrogens is 672 g/mol. The van der Waals surface area contributed by atoms with Gasteiger partial charge in [-0.05, 0) is 95.8 Å². The van der Waals surface area contributed by atoms with Gasteiger partial charge in [-0.3, -0.25) is 9.97 Å². The third kappa shape index (κ3) is 5.00. The van der Waals surface area contributed by atoms with Crippen LogP contribution < -0.4 is 0 Å². The van der Waals surface area contributed by atoms with E-state index >= 15 is 0 Å². The zero-order chi connectivity index (χ0) is 30.5.